The first-order valence-electron chi connectivity index (χ1n) is 6.33. The number of rotatable bonds is 1. The summed E-state index contributed by atoms with van der Waals surface area (Å²) in [5, 5.41) is 10.3. The van der Waals surface area contributed by atoms with E-state index < -0.39 is 5.60 Å². The Morgan fingerprint density at radius 2 is 2.21 bits per heavy atom. The van der Waals surface area contributed by atoms with Crippen molar-refractivity contribution in [2.75, 3.05) is 18.8 Å². The van der Waals surface area contributed by atoms with E-state index in [2.05, 4.69) is 4.98 Å². The van der Waals surface area contributed by atoms with E-state index in [4.69, 9.17) is 17.3 Å². The van der Waals surface area contributed by atoms with Gasteiger partial charge in [-0.3, -0.25) is 4.79 Å². The fourth-order valence-corrected chi connectivity index (χ4v) is 2.41. The monoisotopic (exact) mass is 283 g/mol. The highest BCUT2D eigenvalue weighted by Gasteiger charge is 2.28. The highest BCUT2D eigenvalue weighted by molar-refractivity contribution is 6.33. The Balaban J connectivity index is 2.17. The van der Waals surface area contributed by atoms with Crippen LogP contribution in [0.25, 0.3) is 0 Å². The molecule has 6 heteroatoms. The van der Waals surface area contributed by atoms with Gasteiger partial charge in [0.2, 0.25) is 0 Å². The second-order valence-electron chi connectivity index (χ2n) is 5.21. The molecule has 1 saturated heterocycles. The molecule has 2 heterocycles. The van der Waals surface area contributed by atoms with E-state index in [1.54, 1.807) is 24.0 Å². The Kier molecular flexibility index (Phi) is 3.96. The number of aliphatic hydroxyl groups is 1. The zero-order valence-corrected chi connectivity index (χ0v) is 11.7. The molecule has 0 spiro atoms. The van der Waals surface area contributed by atoms with E-state index in [0.29, 0.717) is 31.0 Å². The molecule has 1 aromatic heterocycles. The van der Waals surface area contributed by atoms with Crippen LogP contribution >= 0.6 is 11.6 Å². The van der Waals surface area contributed by atoms with E-state index in [9.17, 15) is 9.90 Å². The van der Waals surface area contributed by atoms with Crippen molar-refractivity contribution in [3.63, 3.8) is 0 Å². The van der Waals surface area contributed by atoms with Gasteiger partial charge in [-0.15, -0.1) is 0 Å². The molecule has 0 bridgehead atoms. The van der Waals surface area contributed by atoms with Crippen LogP contribution in [0.1, 0.15) is 36.7 Å². The van der Waals surface area contributed by atoms with Gasteiger partial charge in [-0.05, 0) is 38.3 Å². The van der Waals surface area contributed by atoms with E-state index >= 15 is 0 Å². The summed E-state index contributed by atoms with van der Waals surface area (Å²) in [6.07, 6.45) is 2.01. The number of hydrogen-bond acceptors (Lipinski definition) is 4. The predicted octanol–water partition coefficient (Wildman–Crippen LogP) is 1.69. The maximum absolute atomic E-state index is 12.4. The third kappa shape index (κ3) is 3.36. The first kappa shape index (κ1) is 14.1. The lowest BCUT2D eigenvalue weighted by Gasteiger charge is -2.22. The fraction of sp³-hybridized carbons (Fsp3) is 0.538. The molecular formula is C13H18ClN3O2. The number of nitrogen functional groups attached to an aromatic ring is 1. The minimum Gasteiger partial charge on any atom is -0.390 e. The van der Waals surface area contributed by atoms with Gasteiger partial charge in [-0.2, -0.15) is 0 Å². The van der Waals surface area contributed by atoms with Crippen molar-refractivity contribution in [2.24, 2.45) is 0 Å². The van der Waals surface area contributed by atoms with Crippen LogP contribution in [-0.2, 0) is 0 Å². The number of carbonyl (C=O) groups is 1. The molecule has 1 aromatic rings. The van der Waals surface area contributed by atoms with Gasteiger partial charge in [-0.25, -0.2) is 4.98 Å². The van der Waals surface area contributed by atoms with E-state index in [1.165, 1.54) is 0 Å². The molecule has 2 rings (SSSR count). The molecule has 104 valence electrons. The highest BCUT2D eigenvalue weighted by atomic mass is 35.5. The summed E-state index contributed by atoms with van der Waals surface area (Å²) in [6, 6.07) is 3.14. The summed E-state index contributed by atoms with van der Waals surface area (Å²) >= 11 is 5.99. The van der Waals surface area contributed by atoms with Crippen LogP contribution in [0, 0.1) is 0 Å². The van der Waals surface area contributed by atoms with Gasteiger partial charge in [0.25, 0.3) is 5.91 Å². The highest BCUT2D eigenvalue weighted by Crippen LogP contribution is 2.24. The van der Waals surface area contributed by atoms with E-state index in [-0.39, 0.29) is 17.4 Å². The molecule has 5 nitrogen and oxygen atoms in total. The number of halogens is 1. The number of carbonyl (C=O) groups excluding carboxylic acids is 1. The van der Waals surface area contributed by atoms with Gasteiger partial charge < -0.3 is 15.7 Å². The average molecular weight is 284 g/mol. The number of pyridine rings is 1. The largest absolute Gasteiger partial charge is 0.390 e. The molecule has 0 radical (unpaired) electrons. The third-order valence-electron chi connectivity index (χ3n) is 3.42. The van der Waals surface area contributed by atoms with Crippen molar-refractivity contribution in [1.29, 1.82) is 0 Å². The van der Waals surface area contributed by atoms with Crippen LogP contribution in [0.5, 0.6) is 0 Å². The number of amides is 1. The van der Waals surface area contributed by atoms with Crippen LogP contribution in [0.2, 0.25) is 5.02 Å². The summed E-state index contributed by atoms with van der Waals surface area (Å²) in [6.45, 7) is 2.90. The van der Waals surface area contributed by atoms with Crippen molar-refractivity contribution in [1.82, 2.24) is 9.88 Å². The molecule has 0 aromatic carbocycles. The zero-order chi connectivity index (χ0) is 14.0. The van der Waals surface area contributed by atoms with Crippen LogP contribution < -0.4 is 5.73 Å². The smallest absolute Gasteiger partial charge is 0.274 e. The molecule has 19 heavy (non-hydrogen) atoms. The van der Waals surface area contributed by atoms with Crippen LogP contribution in [0.4, 0.5) is 5.82 Å². The normalized spacial score (nSPS) is 24.1. The number of nitrogens with two attached hydrogens (primary N) is 1. The van der Waals surface area contributed by atoms with Gasteiger partial charge in [0, 0.05) is 13.1 Å². The lowest BCUT2D eigenvalue weighted by Crippen LogP contribution is -2.34. The molecule has 0 saturated carbocycles. The van der Waals surface area contributed by atoms with Crippen molar-refractivity contribution in [3.05, 3.63) is 22.8 Å². The van der Waals surface area contributed by atoms with Gasteiger partial charge in [0.05, 0.1) is 10.6 Å². The second-order valence-corrected chi connectivity index (χ2v) is 5.62. The topological polar surface area (TPSA) is 79.5 Å². The van der Waals surface area contributed by atoms with Crippen LogP contribution in [-0.4, -0.2) is 39.6 Å². The molecule has 1 aliphatic rings. The molecule has 3 N–H and O–H groups in total. The average Bonchev–Trinajstić information content (AvgIpc) is 2.52. The minimum atomic E-state index is -0.706. The van der Waals surface area contributed by atoms with Crippen LogP contribution in [0.3, 0.4) is 0 Å². The summed E-state index contributed by atoms with van der Waals surface area (Å²) < 4.78 is 0. The van der Waals surface area contributed by atoms with Gasteiger partial charge in [0.15, 0.2) is 0 Å². The van der Waals surface area contributed by atoms with Gasteiger partial charge >= 0.3 is 0 Å². The first-order valence-corrected chi connectivity index (χ1v) is 6.70. The minimum absolute atomic E-state index is 0.184. The van der Waals surface area contributed by atoms with Crippen molar-refractivity contribution in [2.45, 2.75) is 31.8 Å². The Labute approximate surface area is 117 Å². The zero-order valence-electron chi connectivity index (χ0n) is 10.9. The molecule has 1 unspecified atom stereocenters. The molecular weight excluding hydrogens is 266 g/mol. The van der Waals surface area contributed by atoms with Gasteiger partial charge in [-0.1, -0.05) is 11.6 Å². The Hall–Kier alpha value is -1.33. The predicted molar refractivity (Wildman–Crippen MR) is 74.0 cm³/mol. The number of aromatic nitrogens is 1. The Morgan fingerprint density at radius 1 is 1.47 bits per heavy atom. The van der Waals surface area contributed by atoms with Crippen molar-refractivity contribution in [3.8, 4) is 0 Å². The number of anilines is 1. The lowest BCUT2D eigenvalue weighted by atomic mass is 9.98. The second kappa shape index (κ2) is 5.35. The Bertz CT molecular complexity index is 491. The molecule has 1 atom stereocenters. The Morgan fingerprint density at radius 3 is 2.95 bits per heavy atom. The fourth-order valence-electron chi connectivity index (χ4n) is 2.22. The quantitative estimate of drug-likeness (QED) is 0.822. The summed E-state index contributed by atoms with van der Waals surface area (Å²) in [5.41, 5.74) is 5.07. The standard InChI is InChI=1S/C13H18ClN3O2/c1-13(19)5-2-7-17(8-6-13)12(18)11-9(14)3-4-10(15)16-11/h3-4,19H,2,5-8H2,1H3,(H2,15,16). The van der Waals surface area contributed by atoms with Crippen molar-refractivity contribution < 1.29 is 9.90 Å². The maximum Gasteiger partial charge on any atom is 0.274 e. The van der Waals surface area contributed by atoms with Crippen molar-refractivity contribution >= 4 is 23.3 Å². The lowest BCUT2D eigenvalue weighted by molar-refractivity contribution is 0.0437. The molecule has 1 aliphatic heterocycles. The molecule has 0 aliphatic carbocycles. The first-order chi connectivity index (χ1) is 8.89. The summed E-state index contributed by atoms with van der Waals surface area (Å²) in [4.78, 5) is 18.1. The maximum atomic E-state index is 12.4. The summed E-state index contributed by atoms with van der Waals surface area (Å²) in [5.74, 6) is 0.0459. The number of nitrogens with zero attached hydrogens (tertiary/aromatic N) is 2. The third-order valence-corrected chi connectivity index (χ3v) is 3.73. The molecule has 1 fully saturated rings. The number of hydrogen-bond donors (Lipinski definition) is 2. The van der Waals surface area contributed by atoms with Gasteiger partial charge in [0.1, 0.15) is 11.5 Å². The van der Waals surface area contributed by atoms with Crippen LogP contribution in [0.15, 0.2) is 12.1 Å². The molecule has 1 amide bonds. The van der Waals surface area contributed by atoms with E-state index in [0.717, 1.165) is 6.42 Å². The number of likely N-dealkylation sites (tertiary alicyclic amines) is 1. The SMILES string of the molecule is CC1(O)CCCN(C(=O)c2nc(N)ccc2Cl)CC1. The summed E-state index contributed by atoms with van der Waals surface area (Å²) in [7, 11) is 0. The van der Waals surface area contributed by atoms with E-state index in [1.807, 2.05) is 0 Å².